The van der Waals surface area contributed by atoms with Gasteiger partial charge in [0, 0.05) is 0 Å². The Morgan fingerprint density at radius 3 is 2.43 bits per heavy atom. The highest BCUT2D eigenvalue weighted by Crippen LogP contribution is 2.31. The lowest BCUT2D eigenvalue weighted by atomic mass is 9.81. The lowest BCUT2D eigenvalue weighted by Crippen LogP contribution is -2.32. The number of nitrogens with zero attached hydrogens (tertiary/aromatic N) is 1. The molecule has 0 spiro atoms. The van der Waals surface area contributed by atoms with E-state index in [-0.39, 0.29) is 11.5 Å². The second-order valence-electron chi connectivity index (χ2n) is 6.17. The van der Waals surface area contributed by atoms with Gasteiger partial charge >= 0.3 is 0 Å². The van der Waals surface area contributed by atoms with Crippen LogP contribution in [0.1, 0.15) is 36.5 Å². The molecule has 3 rings (SSSR count). The van der Waals surface area contributed by atoms with Gasteiger partial charge < -0.3 is 4.79 Å². The minimum Gasteiger partial charge on any atom is -0.302 e. The first-order valence-corrected chi connectivity index (χ1v) is 7.29. The van der Waals surface area contributed by atoms with Crippen molar-refractivity contribution in [2.24, 2.45) is 4.99 Å². The van der Waals surface area contributed by atoms with E-state index in [4.69, 9.17) is 4.99 Å². The van der Waals surface area contributed by atoms with Crippen LogP contribution in [0, 0.1) is 0 Å². The predicted octanol–water partition coefficient (Wildman–Crippen LogP) is 3.79. The zero-order valence-electron chi connectivity index (χ0n) is 12.4. The maximum absolute atomic E-state index is 11.7. The third-order valence-corrected chi connectivity index (χ3v) is 3.93. The molecule has 2 heteroatoms. The van der Waals surface area contributed by atoms with E-state index in [0.717, 1.165) is 29.5 Å². The largest absolute Gasteiger partial charge is 0.302 e. The first-order valence-electron chi connectivity index (χ1n) is 7.29. The van der Waals surface area contributed by atoms with Crippen molar-refractivity contribution in [3.63, 3.8) is 0 Å². The molecule has 1 aliphatic rings. The molecule has 1 heterocycles. The third kappa shape index (κ3) is 2.66. The van der Waals surface area contributed by atoms with E-state index >= 15 is 0 Å². The van der Waals surface area contributed by atoms with Gasteiger partial charge in [0.05, 0.1) is 17.2 Å². The number of hydrogen-bond donors (Lipinski definition) is 0. The summed E-state index contributed by atoms with van der Waals surface area (Å²) in [5.41, 5.74) is 4.11. The van der Waals surface area contributed by atoms with Crippen LogP contribution < -0.4 is 0 Å². The molecule has 0 aliphatic carbocycles. The Morgan fingerprint density at radius 1 is 1.05 bits per heavy atom. The zero-order valence-corrected chi connectivity index (χ0v) is 12.4. The number of carbonyl (C=O) groups is 1. The summed E-state index contributed by atoms with van der Waals surface area (Å²) >= 11 is 0. The van der Waals surface area contributed by atoms with Crippen LogP contribution >= 0.6 is 0 Å². The van der Waals surface area contributed by atoms with Gasteiger partial charge in [0.1, 0.15) is 6.29 Å². The minimum absolute atomic E-state index is 0.167. The number of fused-ring (bicyclic) bond motifs is 1. The van der Waals surface area contributed by atoms with E-state index in [1.54, 1.807) is 0 Å². The fourth-order valence-electron chi connectivity index (χ4n) is 3.01. The van der Waals surface area contributed by atoms with E-state index in [0.29, 0.717) is 0 Å². The van der Waals surface area contributed by atoms with Crippen LogP contribution in [0.4, 0.5) is 0 Å². The molecule has 0 bridgehead atoms. The summed E-state index contributed by atoms with van der Waals surface area (Å²) in [7, 11) is 0. The van der Waals surface area contributed by atoms with Crippen molar-refractivity contribution >= 4 is 12.0 Å². The normalized spacial score (nSPS) is 17.5. The van der Waals surface area contributed by atoms with Crippen molar-refractivity contribution in [3.05, 3.63) is 71.3 Å². The van der Waals surface area contributed by atoms with Crippen LogP contribution in [0.2, 0.25) is 0 Å². The molecule has 0 saturated carbocycles. The van der Waals surface area contributed by atoms with Gasteiger partial charge in [-0.15, -0.1) is 0 Å². The Labute approximate surface area is 125 Å². The third-order valence-electron chi connectivity index (χ3n) is 3.93. The summed E-state index contributed by atoms with van der Waals surface area (Å²) in [5.74, 6) is -0.299. The monoisotopic (exact) mass is 277 g/mol. The van der Waals surface area contributed by atoms with Crippen LogP contribution in [0.15, 0.2) is 59.6 Å². The van der Waals surface area contributed by atoms with Gasteiger partial charge in [-0.05, 0) is 37.0 Å². The van der Waals surface area contributed by atoms with Crippen LogP contribution in [-0.2, 0) is 11.2 Å². The van der Waals surface area contributed by atoms with E-state index in [1.165, 1.54) is 5.56 Å². The Bertz CT molecular complexity index is 686. The van der Waals surface area contributed by atoms with Gasteiger partial charge in [0.25, 0.3) is 0 Å². The first-order chi connectivity index (χ1) is 10.1. The molecular weight excluding hydrogens is 258 g/mol. The van der Waals surface area contributed by atoms with Crippen molar-refractivity contribution in [2.45, 2.75) is 31.7 Å². The van der Waals surface area contributed by atoms with Crippen molar-refractivity contribution in [1.82, 2.24) is 0 Å². The summed E-state index contributed by atoms with van der Waals surface area (Å²) in [5, 5.41) is 0. The number of aliphatic imine (C=N–C) groups is 1. The molecule has 2 nitrogen and oxygen atoms in total. The van der Waals surface area contributed by atoms with E-state index in [9.17, 15) is 4.79 Å². The van der Waals surface area contributed by atoms with Crippen molar-refractivity contribution in [2.75, 3.05) is 0 Å². The highest BCUT2D eigenvalue weighted by atomic mass is 16.1. The van der Waals surface area contributed by atoms with Gasteiger partial charge in [0.2, 0.25) is 0 Å². The quantitative estimate of drug-likeness (QED) is 0.785. The highest BCUT2D eigenvalue weighted by molar-refractivity contribution is 6.14. The first kappa shape index (κ1) is 13.7. The Morgan fingerprint density at radius 2 is 1.71 bits per heavy atom. The maximum Gasteiger partial charge on any atom is 0.133 e. The van der Waals surface area contributed by atoms with Crippen LogP contribution in [-0.4, -0.2) is 17.5 Å². The molecule has 1 atom stereocenters. The van der Waals surface area contributed by atoms with Gasteiger partial charge in [-0.1, -0.05) is 54.6 Å². The molecule has 0 N–H and O–H groups in total. The average Bonchev–Trinajstić information content (AvgIpc) is 2.48. The van der Waals surface area contributed by atoms with E-state index in [1.807, 2.05) is 36.4 Å². The number of aldehydes is 1. The zero-order chi connectivity index (χ0) is 14.9. The van der Waals surface area contributed by atoms with E-state index in [2.05, 4.69) is 32.0 Å². The molecule has 0 aromatic heterocycles. The standard InChI is InChI=1S/C19H19NO/c1-19(2)12-15-10-6-7-11-16(15)18(20-19)17(13-21)14-8-4-3-5-9-14/h3-11,13,17H,12H2,1-2H3. The summed E-state index contributed by atoms with van der Waals surface area (Å²) in [6.45, 7) is 4.24. The predicted molar refractivity (Wildman–Crippen MR) is 86.0 cm³/mol. The van der Waals surface area contributed by atoms with Gasteiger partial charge in [0.15, 0.2) is 0 Å². The molecule has 0 radical (unpaired) electrons. The Hall–Kier alpha value is -2.22. The molecule has 1 unspecified atom stereocenters. The van der Waals surface area contributed by atoms with Crippen LogP contribution in [0.25, 0.3) is 0 Å². The summed E-state index contributed by atoms with van der Waals surface area (Å²) in [4.78, 5) is 16.6. The second-order valence-corrected chi connectivity index (χ2v) is 6.17. The van der Waals surface area contributed by atoms with Crippen molar-refractivity contribution in [1.29, 1.82) is 0 Å². The second kappa shape index (κ2) is 5.28. The van der Waals surface area contributed by atoms with Crippen molar-refractivity contribution < 1.29 is 4.79 Å². The Kier molecular flexibility index (Phi) is 3.46. The van der Waals surface area contributed by atoms with Crippen LogP contribution in [0.3, 0.4) is 0 Å². The molecular formula is C19H19NO. The summed E-state index contributed by atoms with van der Waals surface area (Å²) < 4.78 is 0. The SMILES string of the molecule is CC1(C)Cc2ccccc2C(C(C=O)c2ccccc2)=N1. The van der Waals surface area contributed by atoms with E-state index < -0.39 is 0 Å². The topological polar surface area (TPSA) is 29.4 Å². The number of carbonyl (C=O) groups excluding carboxylic acids is 1. The lowest BCUT2D eigenvalue weighted by Gasteiger charge is -2.31. The smallest absolute Gasteiger partial charge is 0.133 e. The van der Waals surface area contributed by atoms with Gasteiger partial charge in [-0.2, -0.15) is 0 Å². The molecule has 21 heavy (non-hydrogen) atoms. The number of benzene rings is 2. The molecule has 0 amide bonds. The molecule has 1 aliphatic heterocycles. The van der Waals surface area contributed by atoms with Gasteiger partial charge in [-0.3, -0.25) is 4.99 Å². The number of hydrogen-bond acceptors (Lipinski definition) is 2. The minimum atomic E-state index is -0.299. The van der Waals surface area contributed by atoms with Crippen molar-refractivity contribution in [3.8, 4) is 0 Å². The summed E-state index contributed by atoms with van der Waals surface area (Å²) in [6, 6.07) is 18.2. The maximum atomic E-state index is 11.7. The molecule has 0 saturated heterocycles. The summed E-state index contributed by atoms with van der Waals surface area (Å²) in [6.07, 6.45) is 1.92. The fourth-order valence-corrected chi connectivity index (χ4v) is 3.01. The van der Waals surface area contributed by atoms with Gasteiger partial charge in [-0.25, -0.2) is 0 Å². The molecule has 0 fully saturated rings. The molecule has 2 aromatic carbocycles. The van der Waals surface area contributed by atoms with Crippen LogP contribution in [0.5, 0.6) is 0 Å². The number of rotatable bonds is 3. The molecule has 106 valence electrons. The highest BCUT2D eigenvalue weighted by Gasteiger charge is 2.30. The average molecular weight is 277 g/mol. The molecule has 2 aromatic rings. The fraction of sp³-hybridized carbons (Fsp3) is 0.263. The lowest BCUT2D eigenvalue weighted by molar-refractivity contribution is -0.107. The Balaban J connectivity index is 2.14.